The summed E-state index contributed by atoms with van der Waals surface area (Å²) in [5.41, 5.74) is 2.62. The van der Waals surface area contributed by atoms with Crippen molar-refractivity contribution in [2.24, 2.45) is 0 Å². The van der Waals surface area contributed by atoms with Gasteiger partial charge in [-0.2, -0.15) is 0 Å². The molecule has 0 aromatic heterocycles. The number of hydroxylamine groups is 1. The molecule has 0 fully saturated rings. The van der Waals surface area contributed by atoms with E-state index in [1.165, 1.54) is 0 Å². The molecule has 0 heterocycles. The van der Waals surface area contributed by atoms with Crippen molar-refractivity contribution in [3.8, 4) is 0 Å². The van der Waals surface area contributed by atoms with E-state index in [4.69, 9.17) is 9.57 Å². The van der Waals surface area contributed by atoms with Gasteiger partial charge in [-0.05, 0) is 33.3 Å². The third-order valence-corrected chi connectivity index (χ3v) is 2.38. The highest BCUT2D eigenvalue weighted by atomic mass is 16.7. The molecule has 0 aliphatic rings. The van der Waals surface area contributed by atoms with Gasteiger partial charge in [0.05, 0.1) is 6.61 Å². The summed E-state index contributed by atoms with van der Waals surface area (Å²) in [4.78, 5) is 28.3. The minimum absolute atomic E-state index is 0.256. The molecule has 0 aliphatic carbocycles. The fourth-order valence-corrected chi connectivity index (χ4v) is 1.40. The average Bonchev–Trinajstić information content (AvgIpc) is 2.37. The number of nitrogens with one attached hydrogen (secondary N) is 2. The first-order chi connectivity index (χ1) is 9.78. The molecule has 2 N–H and O–H groups in total. The number of carbonyl (C=O) groups is 2. The lowest BCUT2D eigenvalue weighted by molar-refractivity contribution is -0.136. The van der Waals surface area contributed by atoms with Gasteiger partial charge in [-0.25, -0.2) is 10.3 Å². The van der Waals surface area contributed by atoms with Crippen molar-refractivity contribution in [3.63, 3.8) is 0 Å². The van der Waals surface area contributed by atoms with Crippen LogP contribution in [0.25, 0.3) is 0 Å². The highest BCUT2D eigenvalue weighted by Crippen LogP contribution is 2.06. The Morgan fingerprint density at radius 1 is 1.19 bits per heavy atom. The van der Waals surface area contributed by atoms with E-state index in [1.54, 1.807) is 27.7 Å². The van der Waals surface area contributed by atoms with Gasteiger partial charge in [0.25, 0.3) is 5.91 Å². The first kappa shape index (κ1) is 17.0. The van der Waals surface area contributed by atoms with Gasteiger partial charge in [0.2, 0.25) is 0 Å². The summed E-state index contributed by atoms with van der Waals surface area (Å²) in [6, 6.07) is 8.67. The topological polar surface area (TPSA) is 76.7 Å². The van der Waals surface area contributed by atoms with Crippen LogP contribution in [0.4, 0.5) is 4.79 Å². The van der Waals surface area contributed by atoms with E-state index < -0.39 is 23.6 Å². The summed E-state index contributed by atoms with van der Waals surface area (Å²) in [7, 11) is 0. The molecule has 0 saturated carbocycles. The smallest absolute Gasteiger partial charge is 0.408 e. The lowest BCUT2D eigenvalue weighted by Gasteiger charge is -2.21. The Morgan fingerprint density at radius 2 is 1.81 bits per heavy atom. The summed E-state index contributed by atoms with van der Waals surface area (Å²) in [6.45, 7) is 7.05. The van der Waals surface area contributed by atoms with Gasteiger partial charge in [0, 0.05) is 0 Å². The number of amides is 2. The summed E-state index contributed by atoms with van der Waals surface area (Å²) in [6.07, 6.45) is -0.645. The van der Waals surface area contributed by atoms with Crippen molar-refractivity contribution < 1.29 is 19.2 Å². The minimum atomic E-state index is -0.754. The first-order valence-electron chi connectivity index (χ1n) is 6.73. The number of carbonyl (C=O) groups excluding carboxylic acids is 2. The molecule has 0 bridgehead atoms. The second-order valence-corrected chi connectivity index (χ2v) is 5.61. The van der Waals surface area contributed by atoms with E-state index in [1.807, 2.05) is 30.3 Å². The molecule has 21 heavy (non-hydrogen) atoms. The van der Waals surface area contributed by atoms with Crippen LogP contribution in [0.15, 0.2) is 30.3 Å². The number of alkyl carbamates (subject to hydrolysis) is 1. The van der Waals surface area contributed by atoms with Crippen LogP contribution >= 0.6 is 0 Å². The minimum Gasteiger partial charge on any atom is -0.444 e. The third-order valence-electron chi connectivity index (χ3n) is 2.38. The lowest BCUT2D eigenvalue weighted by Crippen LogP contribution is -2.46. The van der Waals surface area contributed by atoms with E-state index in [0.717, 1.165) is 5.56 Å². The second-order valence-electron chi connectivity index (χ2n) is 5.61. The molecule has 1 rings (SSSR count). The third kappa shape index (κ3) is 7.31. The van der Waals surface area contributed by atoms with Gasteiger partial charge in [-0.1, -0.05) is 30.3 Å². The van der Waals surface area contributed by atoms with Crippen LogP contribution in [0.1, 0.15) is 33.3 Å². The molecule has 0 spiro atoms. The zero-order chi connectivity index (χ0) is 15.9. The Balaban J connectivity index is 2.29. The predicted molar refractivity (Wildman–Crippen MR) is 78.2 cm³/mol. The Bertz CT molecular complexity index is 468. The monoisotopic (exact) mass is 294 g/mol. The maximum atomic E-state index is 11.7. The number of benzene rings is 1. The van der Waals surface area contributed by atoms with Crippen molar-refractivity contribution >= 4 is 12.0 Å². The number of ether oxygens (including phenoxy) is 1. The van der Waals surface area contributed by atoms with Crippen LogP contribution in [-0.4, -0.2) is 23.6 Å². The molecular weight excluding hydrogens is 272 g/mol. The number of hydrogen-bond donors (Lipinski definition) is 2. The van der Waals surface area contributed by atoms with Crippen molar-refractivity contribution in [2.45, 2.75) is 45.9 Å². The second kappa shape index (κ2) is 7.64. The molecular formula is C15H22N2O4. The maximum absolute atomic E-state index is 11.7. The maximum Gasteiger partial charge on any atom is 0.408 e. The fourth-order valence-electron chi connectivity index (χ4n) is 1.40. The van der Waals surface area contributed by atoms with Crippen molar-refractivity contribution in [1.29, 1.82) is 0 Å². The normalized spacial score (nSPS) is 12.4. The highest BCUT2D eigenvalue weighted by Gasteiger charge is 2.20. The zero-order valence-electron chi connectivity index (χ0n) is 12.8. The molecule has 1 atom stereocenters. The van der Waals surface area contributed by atoms with Crippen LogP contribution in [0, 0.1) is 0 Å². The summed E-state index contributed by atoms with van der Waals surface area (Å²) in [5.74, 6) is -0.447. The van der Waals surface area contributed by atoms with Crippen LogP contribution in [-0.2, 0) is 21.0 Å². The van der Waals surface area contributed by atoms with Crippen LogP contribution in [0.2, 0.25) is 0 Å². The quantitative estimate of drug-likeness (QED) is 0.816. The fraction of sp³-hybridized carbons (Fsp3) is 0.467. The van der Waals surface area contributed by atoms with E-state index in [9.17, 15) is 9.59 Å². The summed E-state index contributed by atoms with van der Waals surface area (Å²) < 4.78 is 5.06. The van der Waals surface area contributed by atoms with Gasteiger partial charge in [-0.15, -0.1) is 0 Å². The lowest BCUT2D eigenvalue weighted by atomic mass is 10.2. The molecule has 0 aliphatic heterocycles. The van der Waals surface area contributed by atoms with E-state index in [-0.39, 0.29) is 6.61 Å². The molecule has 0 radical (unpaired) electrons. The Kier molecular flexibility index (Phi) is 6.17. The molecule has 2 amide bonds. The molecule has 1 unspecified atom stereocenters. The molecule has 1 aromatic carbocycles. The van der Waals surface area contributed by atoms with Gasteiger partial charge in [0.1, 0.15) is 11.6 Å². The summed E-state index contributed by atoms with van der Waals surface area (Å²) in [5, 5.41) is 2.43. The molecule has 116 valence electrons. The zero-order valence-corrected chi connectivity index (χ0v) is 12.8. The first-order valence-corrected chi connectivity index (χ1v) is 6.73. The van der Waals surface area contributed by atoms with Crippen molar-refractivity contribution in [1.82, 2.24) is 10.8 Å². The molecule has 1 aromatic rings. The van der Waals surface area contributed by atoms with Gasteiger partial charge >= 0.3 is 6.09 Å². The molecule has 6 nitrogen and oxygen atoms in total. The van der Waals surface area contributed by atoms with Gasteiger partial charge in [0.15, 0.2) is 0 Å². The average molecular weight is 294 g/mol. The van der Waals surface area contributed by atoms with Gasteiger partial charge in [-0.3, -0.25) is 9.63 Å². The Labute approximate surface area is 124 Å². The molecule has 0 saturated heterocycles. The predicted octanol–water partition coefficient (Wildman–Crippen LogP) is 2.15. The van der Waals surface area contributed by atoms with E-state index in [2.05, 4.69) is 10.8 Å². The van der Waals surface area contributed by atoms with Crippen LogP contribution < -0.4 is 10.8 Å². The van der Waals surface area contributed by atoms with Crippen molar-refractivity contribution in [2.75, 3.05) is 0 Å². The Morgan fingerprint density at radius 3 is 2.38 bits per heavy atom. The largest absolute Gasteiger partial charge is 0.444 e. The number of rotatable bonds is 5. The van der Waals surface area contributed by atoms with E-state index >= 15 is 0 Å². The SMILES string of the molecule is CC(NC(=O)OC(C)(C)C)C(=O)NOCc1ccccc1. The van der Waals surface area contributed by atoms with Crippen LogP contribution in [0.3, 0.4) is 0 Å². The van der Waals surface area contributed by atoms with Gasteiger partial charge < -0.3 is 10.1 Å². The standard InChI is InChI=1S/C15H22N2O4/c1-11(16-14(19)21-15(2,3)4)13(18)17-20-10-12-8-6-5-7-9-12/h5-9,11H,10H2,1-4H3,(H,16,19)(H,17,18). The summed E-state index contributed by atoms with van der Waals surface area (Å²) >= 11 is 0. The van der Waals surface area contributed by atoms with E-state index in [0.29, 0.717) is 0 Å². The van der Waals surface area contributed by atoms with Crippen molar-refractivity contribution in [3.05, 3.63) is 35.9 Å². The number of hydrogen-bond acceptors (Lipinski definition) is 4. The van der Waals surface area contributed by atoms with Crippen LogP contribution in [0.5, 0.6) is 0 Å². The molecule has 6 heteroatoms. The highest BCUT2D eigenvalue weighted by molar-refractivity contribution is 5.84. The Hall–Kier alpha value is -2.08.